The molecule has 6 saturated heterocycles. The smallest absolute Gasteiger partial charge is 0.741 e. The van der Waals surface area contributed by atoms with E-state index in [2.05, 4.69) is 153 Å². The Bertz CT molecular complexity index is 2970. The van der Waals surface area contributed by atoms with Gasteiger partial charge in [-0.2, -0.15) is 219 Å². The number of nitrogens with one attached hydrogen (secondary N) is 2. The zero-order chi connectivity index (χ0) is 81.5. The van der Waals surface area contributed by atoms with Crippen molar-refractivity contribution in [2.45, 2.75) is 95.8 Å². The average molecular weight is 1990 g/mol. The van der Waals surface area contributed by atoms with E-state index in [1.165, 1.54) is 15.4 Å². The van der Waals surface area contributed by atoms with Crippen LogP contribution in [0.2, 0.25) is 0 Å². The maximum Gasteiger partial charge on any atom is 2.00 e. The molecule has 6 atom stereocenters. The zero-order valence-corrected chi connectivity index (χ0v) is 78.1. The first-order valence-electron chi connectivity index (χ1n) is 40.5. The molecule has 0 saturated carbocycles. The third-order valence-corrected chi connectivity index (χ3v) is 20.6. The average Bonchev–Trinajstić information content (AvgIpc) is 0.779. The Morgan fingerprint density at radius 1 is 0.513 bits per heavy atom. The topological polar surface area (TPSA) is 440 Å². The molecule has 0 aromatic heterocycles. The fourth-order valence-corrected chi connectivity index (χ4v) is 13.2. The van der Waals surface area contributed by atoms with Gasteiger partial charge < -0.3 is 144 Å². The van der Waals surface area contributed by atoms with Crippen LogP contribution in [0.1, 0.15) is 56.7 Å². The van der Waals surface area contributed by atoms with Gasteiger partial charge in [-0.25, -0.2) is 12.7 Å². The first-order chi connectivity index (χ1) is 55.1. The monoisotopic (exact) mass is 1980 g/mol. The summed E-state index contributed by atoms with van der Waals surface area (Å²) in [6.45, 7) is 39.2. The number of hydrogen-bond donors (Lipinski definition) is 5. The van der Waals surface area contributed by atoms with Crippen LogP contribution in [0.15, 0.2) is 92.8 Å². The maximum atomic E-state index is 13.4. The molecule has 32 nitrogen and oxygen atoms in total. The molecule has 6 aliphatic rings. The number of rotatable bonds is 11. The third-order valence-electron chi connectivity index (χ3n) is 18.4. The van der Waals surface area contributed by atoms with E-state index in [1.54, 1.807) is 40.3 Å². The van der Waals surface area contributed by atoms with Gasteiger partial charge in [0.1, 0.15) is 12.3 Å². The molecule has 119 heavy (non-hydrogen) atoms. The van der Waals surface area contributed by atoms with Gasteiger partial charge in [0.15, 0.2) is 0 Å². The summed E-state index contributed by atoms with van der Waals surface area (Å²) < 4.78 is 34.1. The second-order valence-corrected chi connectivity index (χ2v) is 29.5. The Morgan fingerprint density at radius 3 is 1.31 bits per heavy atom. The summed E-state index contributed by atoms with van der Waals surface area (Å²) in [5.74, 6) is 0.384. The van der Waals surface area contributed by atoms with Gasteiger partial charge in [-0.1, -0.05) is 100 Å². The van der Waals surface area contributed by atoms with Crippen LogP contribution < -0.4 is 10.6 Å². The molecule has 0 bridgehead atoms. The van der Waals surface area contributed by atoms with E-state index >= 15 is 0 Å². The predicted molar refractivity (Wildman–Crippen MR) is 476 cm³/mol. The molecular weight excluding hydrogens is 1850 g/mol. The minimum absolute atomic E-state index is 0. The van der Waals surface area contributed by atoms with Crippen LogP contribution in [-0.2, 0) is 136 Å². The number of sulfonamides is 1. The van der Waals surface area contributed by atoms with E-state index in [4.69, 9.17) is 22.7 Å². The van der Waals surface area contributed by atoms with E-state index in [9.17, 15) is 23.7 Å². The second-order valence-electron chi connectivity index (χ2n) is 27.2. The molecule has 6 aliphatic heterocycles. The summed E-state index contributed by atoms with van der Waals surface area (Å²) in [7, 11) is 1.56. The molecule has 712 valence electrons. The Kier molecular flexibility index (Phi) is 82.6. The van der Waals surface area contributed by atoms with E-state index < -0.39 is 34.6 Å². The van der Waals surface area contributed by atoms with E-state index in [-0.39, 0.29) is 121 Å². The third kappa shape index (κ3) is 57.1. The number of nitrogens with zero attached hydrogens (tertiary/aromatic N) is 24. The fraction of sp³-hybridized carbons (Fsp3) is 0.734. The number of ether oxygens (including phenoxy) is 1. The van der Waals surface area contributed by atoms with Gasteiger partial charge in [-0.3, -0.25) is 9.89 Å². The molecule has 6 fully saturated rings. The molecule has 40 heteroatoms. The number of aliphatic hydroxyl groups is 3. The molecule has 3 unspecified atom stereocenters. The first-order valence-corrected chi connectivity index (χ1v) is 42.3. The molecule has 6 heterocycles. The SMILES string of the molecule is C1C[N-]CC[N-]CCC[N-]CC[N-]C1.C1C[N-]CC[N-]CC[N-]CC[N-]C1.C[C@@H]1C(CO)O[C@@H](N2CC[N-]CC[N-]CC[N-]CC2)C(O)[C@H]1O.C[N-]C(=CN=C(C)C(C)=NN=C([S-])NC)NC.Cc1ccc(CC2C[N-]CC[N-]CC[N-]CC[N-]2)cc1.Cc1cccc2c(S(=O)(=O)N3CC[N-]CC[N-]CC[N-]CC3)cccc12.[Cu+2].[Cu].[Cu].[Cu].[Cu].[Cu]. The van der Waals surface area contributed by atoms with Crippen LogP contribution in [0.4, 0.5) is 0 Å². The zero-order valence-electron chi connectivity index (χ0n) is 70.9. The largest absolute Gasteiger partial charge is 2.00 e. The van der Waals surface area contributed by atoms with Crippen molar-refractivity contribution in [3.63, 3.8) is 0 Å². The summed E-state index contributed by atoms with van der Waals surface area (Å²) >= 11 is 4.84. The molecule has 0 amide bonds. The van der Waals surface area contributed by atoms with Gasteiger partial charge in [0, 0.05) is 110 Å². The van der Waals surface area contributed by atoms with Crippen molar-refractivity contribution in [3.8, 4) is 0 Å². The van der Waals surface area contributed by atoms with Crippen LogP contribution in [-0.4, -0.2) is 363 Å². The number of aliphatic hydroxyl groups excluding tert-OH is 3. The summed E-state index contributed by atoms with van der Waals surface area (Å²) in [6, 6.07) is 20.3. The Balaban J connectivity index is -0.00000136. The Hall–Kier alpha value is -1.60. The Morgan fingerprint density at radius 2 is 0.899 bits per heavy atom. The normalized spacial score (nSPS) is 23.1. The van der Waals surface area contributed by atoms with Gasteiger partial charge in [-0.15, -0.1) is 26.2 Å². The van der Waals surface area contributed by atoms with E-state index in [1.807, 2.05) is 56.0 Å². The van der Waals surface area contributed by atoms with Crippen molar-refractivity contribution in [3.05, 3.63) is 190 Å². The molecule has 0 aliphatic carbocycles. The second kappa shape index (κ2) is 80.9. The van der Waals surface area contributed by atoms with Crippen molar-refractivity contribution in [2.75, 3.05) is 283 Å². The molecule has 9 rings (SSSR count). The Labute approximate surface area is 784 Å². The van der Waals surface area contributed by atoms with Crippen LogP contribution >= 0.6 is 0 Å². The van der Waals surface area contributed by atoms with Gasteiger partial charge in [0.05, 0.1) is 35.1 Å². The maximum absolute atomic E-state index is 13.4. The summed E-state index contributed by atoms with van der Waals surface area (Å²) in [5, 5.41) is 129. The number of benzene rings is 3. The molecule has 6 radical (unpaired) electrons. The molecule has 3 aromatic carbocycles. The summed E-state index contributed by atoms with van der Waals surface area (Å²) in [4.78, 5) is 6.54. The number of aryl methyl sites for hydroxylation is 2. The van der Waals surface area contributed by atoms with Crippen molar-refractivity contribution < 1.29 is 131 Å². The number of hydrogen-bond acceptors (Lipinski definition) is 12. The fourth-order valence-electron chi connectivity index (χ4n) is 11.6. The van der Waals surface area contributed by atoms with Crippen molar-refractivity contribution in [1.29, 1.82) is 0 Å². The standard InChI is InChI=1S/C19H25N4O2S.C16H24N4.C15H29N4O4.C10H19N6S.C10H20N4.C9H18N4.6Cu/c1-16-4-2-6-18-17(16)5-3-7-19(18)26(24,25)23-14-12-21-10-8-20-9-11-22-13-15-23;1-14-2-4-15(5-3-14)12-16-13-19-9-8-17-6-7-18-10-11-20-16;1-11-12(10-20)23-15(14(22)13(11)21)19-8-6-17-4-2-16-3-5-18-7-9-19;1-7(14-6-9(11-3)12-4)8(2)15-16-10(17)13-5;1-3-11-7-9-13-5-2-6-14-10-8-12-4-1;1-2-10-4-6-12-8-9-13-7-5-11-3-1;;;;;;/h2-7H,8-15H2,1H3;2-5,16H,6-13H2,1H3;11-15,20-22H,2-10H2,1H3;6H,1-5H3,(H3-,11,12,13,14,15,16,17);1-10H2;1-9H2;;;;;;/q-3;-4;-3;-1;2*-4;;;;;;+2/p-1/t;;11-,12?,13+,14?,15-;;;;;;;;;/m..1........./s1. The number of aliphatic imine (C=N–C) groups is 1. The molecule has 3 aromatic rings. The van der Waals surface area contributed by atoms with Crippen molar-refractivity contribution in [1.82, 2.24) is 19.8 Å². The molecular formula is C79H134Cu6N26O6S2-18. The number of fused-ring (bicyclic) bond motifs is 1. The van der Waals surface area contributed by atoms with E-state index in [0.29, 0.717) is 113 Å². The minimum Gasteiger partial charge on any atom is -0.741 e. The van der Waals surface area contributed by atoms with Gasteiger partial charge in [0.25, 0.3) is 0 Å². The first kappa shape index (κ1) is 122. The van der Waals surface area contributed by atoms with Crippen LogP contribution in [0.25, 0.3) is 112 Å². The van der Waals surface area contributed by atoms with Gasteiger partial charge in [-0.05, 0) is 93.9 Å². The molecule has 5 N–H and O–H groups in total. The molecule has 0 spiro atoms. The van der Waals surface area contributed by atoms with E-state index in [0.717, 1.165) is 211 Å². The summed E-state index contributed by atoms with van der Waals surface area (Å²) in [5.41, 5.74) is 5.17. The van der Waals surface area contributed by atoms with Gasteiger partial charge in [0.2, 0.25) is 10.0 Å². The van der Waals surface area contributed by atoms with Crippen LogP contribution in [0.3, 0.4) is 0 Å². The van der Waals surface area contributed by atoms with Gasteiger partial charge >= 0.3 is 17.1 Å². The quantitative estimate of drug-likeness (QED) is 0.0397. The van der Waals surface area contributed by atoms with Crippen LogP contribution in [0.5, 0.6) is 0 Å². The van der Waals surface area contributed by atoms with Crippen molar-refractivity contribution in [2.24, 2.45) is 21.1 Å². The number of amidine groups is 1. The predicted octanol–water partition coefficient (Wildman–Crippen LogP) is 11.3. The minimum atomic E-state index is -3.60. The van der Waals surface area contributed by atoms with Crippen LogP contribution in [0, 0.1) is 19.8 Å². The summed E-state index contributed by atoms with van der Waals surface area (Å²) in [6.07, 6.45) is 2.81. The van der Waals surface area contributed by atoms with Crippen molar-refractivity contribution >= 4 is 50.0 Å².